The number of nitrogens with two attached hydrogens (primary N) is 1. The zero-order valence-electron chi connectivity index (χ0n) is 10.0. The minimum atomic E-state index is -3.08. The summed E-state index contributed by atoms with van der Waals surface area (Å²) in [5.74, 6) is -0.266. The fourth-order valence-electron chi connectivity index (χ4n) is 1.52. The third-order valence-electron chi connectivity index (χ3n) is 2.55. The zero-order valence-corrected chi connectivity index (χ0v) is 10.8. The van der Waals surface area contributed by atoms with E-state index in [2.05, 4.69) is 0 Å². The van der Waals surface area contributed by atoms with E-state index < -0.39 is 15.9 Å². The fraction of sp³-hybridized carbons (Fsp3) is 0.417. The van der Waals surface area contributed by atoms with Crippen LogP contribution >= 0.6 is 0 Å². The van der Waals surface area contributed by atoms with Gasteiger partial charge in [-0.25, -0.2) is 8.42 Å². The van der Waals surface area contributed by atoms with Gasteiger partial charge >= 0.3 is 0 Å². The smallest absolute Gasteiger partial charge is 0.179 e. The molecule has 1 rings (SSSR count). The molecule has 94 valence electrons. The van der Waals surface area contributed by atoms with Gasteiger partial charge in [0.05, 0.1) is 11.8 Å². The van der Waals surface area contributed by atoms with Crippen molar-refractivity contribution in [2.75, 3.05) is 12.0 Å². The summed E-state index contributed by atoms with van der Waals surface area (Å²) >= 11 is 0. The lowest BCUT2D eigenvalue weighted by Gasteiger charge is -2.11. The molecule has 0 saturated carbocycles. The maximum absolute atomic E-state index is 12.0. The summed E-state index contributed by atoms with van der Waals surface area (Å²) < 4.78 is 22.0. The first kappa shape index (κ1) is 13.9. The number of aryl methyl sites for hydroxylation is 1. The number of Topliss-reactive ketones (excluding diaryl/α,β-unsaturated/α-hetero) is 1. The highest BCUT2D eigenvalue weighted by molar-refractivity contribution is 7.90. The Bertz CT molecular complexity index is 508. The minimum Gasteiger partial charge on any atom is -0.321 e. The molecular formula is C12H17NO3S. The van der Waals surface area contributed by atoms with Gasteiger partial charge in [0.2, 0.25) is 0 Å². The Morgan fingerprint density at radius 1 is 1.35 bits per heavy atom. The van der Waals surface area contributed by atoms with E-state index in [-0.39, 0.29) is 18.0 Å². The molecule has 0 aliphatic rings. The molecule has 0 bridgehead atoms. The van der Waals surface area contributed by atoms with Gasteiger partial charge in [0.15, 0.2) is 5.78 Å². The molecule has 0 radical (unpaired) electrons. The molecule has 0 heterocycles. The first-order chi connectivity index (χ1) is 7.81. The minimum absolute atomic E-state index is 0.0637. The number of hydrogen-bond acceptors (Lipinski definition) is 4. The highest BCUT2D eigenvalue weighted by Crippen LogP contribution is 2.11. The summed E-state index contributed by atoms with van der Waals surface area (Å²) in [7, 11) is -3.08. The summed E-state index contributed by atoms with van der Waals surface area (Å²) in [6.07, 6.45) is 1.30. The molecule has 1 unspecified atom stereocenters. The Morgan fingerprint density at radius 3 is 2.47 bits per heavy atom. The van der Waals surface area contributed by atoms with Crippen LogP contribution in [0.15, 0.2) is 24.3 Å². The third kappa shape index (κ3) is 4.28. The molecule has 2 N–H and O–H groups in total. The van der Waals surface area contributed by atoms with E-state index in [9.17, 15) is 13.2 Å². The summed E-state index contributed by atoms with van der Waals surface area (Å²) in [6.45, 7) is 1.83. The van der Waals surface area contributed by atoms with Crippen molar-refractivity contribution < 1.29 is 13.2 Å². The average Bonchev–Trinajstić information content (AvgIpc) is 2.24. The number of benzene rings is 1. The fourth-order valence-corrected chi connectivity index (χ4v) is 2.20. The van der Waals surface area contributed by atoms with Gasteiger partial charge in [0.25, 0.3) is 0 Å². The highest BCUT2D eigenvalue weighted by atomic mass is 32.2. The van der Waals surface area contributed by atoms with Crippen LogP contribution in [0.3, 0.4) is 0 Å². The number of sulfone groups is 1. The Kier molecular flexibility index (Phi) is 4.42. The molecule has 0 saturated heterocycles. The molecule has 17 heavy (non-hydrogen) atoms. The van der Waals surface area contributed by atoms with Crippen LogP contribution < -0.4 is 5.73 Å². The average molecular weight is 255 g/mol. The zero-order chi connectivity index (χ0) is 13.1. The highest BCUT2D eigenvalue weighted by Gasteiger charge is 2.18. The van der Waals surface area contributed by atoms with Gasteiger partial charge in [-0.2, -0.15) is 0 Å². The van der Waals surface area contributed by atoms with E-state index >= 15 is 0 Å². The van der Waals surface area contributed by atoms with E-state index in [1.165, 1.54) is 0 Å². The number of ketones is 1. The van der Waals surface area contributed by atoms with Crippen LogP contribution in [-0.2, 0) is 9.84 Å². The normalized spacial score (nSPS) is 13.4. The predicted molar refractivity (Wildman–Crippen MR) is 67.8 cm³/mol. The van der Waals surface area contributed by atoms with E-state index in [4.69, 9.17) is 5.73 Å². The molecule has 5 heteroatoms. The van der Waals surface area contributed by atoms with Crippen molar-refractivity contribution in [2.24, 2.45) is 5.73 Å². The van der Waals surface area contributed by atoms with Gasteiger partial charge in [0.1, 0.15) is 9.84 Å². The van der Waals surface area contributed by atoms with Gasteiger partial charge < -0.3 is 5.73 Å². The Hall–Kier alpha value is -1.20. The van der Waals surface area contributed by atoms with E-state index in [0.29, 0.717) is 5.56 Å². The molecule has 0 aromatic heterocycles. The molecule has 0 fully saturated rings. The maximum atomic E-state index is 12.0. The topological polar surface area (TPSA) is 77.2 Å². The van der Waals surface area contributed by atoms with Crippen molar-refractivity contribution in [3.8, 4) is 0 Å². The van der Waals surface area contributed by atoms with E-state index in [0.717, 1.165) is 11.8 Å². The second-order valence-electron chi connectivity index (χ2n) is 4.20. The first-order valence-corrected chi connectivity index (χ1v) is 7.40. The van der Waals surface area contributed by atoms with Crippen molar-refractivity contribution in [2.45, 2.75) is 19.4 Å². The molecule has 0 amide bonds. The molecular weight excluding hydrogens is 238 g/mol. The number of carbonyl (C=O) groups is 1. The molecule has 1 aromatic carbocycles. The van der Waals surface area contributed by atoms with Crippen molar-refractivity contribution >= 4 is 15.6 Å². The summed E-state index contributed by atoms with van der Waals surface area (Å²) in [5, 5.41) is 0. The van der Waals surface area contributed by atoms with Crippen LogP contribution in [0.2, 0.25) is 0 Å². The first-order valence-electron chi connectivity index (χ1n) is 5.34. The summed E-state index contributed by atoms with van der Waals surface area (Å²) in [4.78, 5) is 12.0. The molecule has 0 spiro atoms. The van der Waals surface area contributed by atoms with Crippen molar-refractivity contribution in [1.82, 2.24) is 0 Å². The number of carbonyl (C=O) groups excluding carboxylic acids is 1. The van der Waals surface area contributed by atoms with Crippen molar-refractivity contribution in [3.05, 3.63) is 35.4 Å². The van der Waals surface area contributed by atoms with E-state index in [1.54, 1.807) is 12.1 Å². The summed E-state index contributed by atoms with van der Waals surface area (Å²) in [6, 6.07) is 6.39. The Morgan fingerprint density at radius 2 is 1.94 bits per heavy atom. The Labute approximate surface area is 102 Å². The van der Waals surface area contributed by atoms with E-state index in [1.807, 2.05) is 19.1 Å². The van der Waals surface area contributed by atoms with Crippen LogP contribution in [0.1, 0.15) is 22.3 Å². The SMILES string of the molecule is Cc1ccccc1C(=O)C(N)CCS(C)(=O)=O. The van der Waals surface area contributed by atoms with Crippen LogP contribution in [0.25, 0.3) is 0 Å². The van der Waals surface area contributed by atoms with Crippen LogP contribution in [-0.4, -0.2) is 32.3 Å². The summed E-state index contributed by atoms with van der Waals surface area (Å²) in [5.41, 5.74) is 7.13. The predicted octanol–water partition coefficient (Wildman–Crippen LogP) is 0.940. The lowest BCUT2D eigenvalue weighted by atomic mass is 9.99. The van der Waals surface area contributed by atoms with Gasteiger partial charge in [-0.3, -0.25) is 4.79 Å². The quantitative estimate of drug-likeness (QED) is 0.794. The second kappa shape index (κ2) is 5.42. The largest absolute Gasteiger partial charge is 0.321 e. The van der Waals surface area contributed by atoms with Crippen LogP contribution in [0.4, 0.5) is 0 Å². The maximum Gasteiger partial charge on any atom is 0.179 e. The molecule has 0 aliphatic carbocycles. The van der Waals surface area contributed by atoms with Gasteiger partial charge in [-0.1, -0.05) is 24.3 Å². The van der Waals surface area contributed by atoms with Gasteiger partial charge in [-0.15, -0.1) is 0 Å². The van der Waals surface area contributed by atoms with Crippen molar-refractivity contribution in [1.29, 1.82) is 0 Å². The lowest BCUT2D eigenvalue weighted by Crippen LogP contribution is -2.33. The van der Waals surface area contributed by atoms with Crippen molar-refractivity contribution in [3.63, 3.8) is 0 Å². The number of hydrogen-bond donors (Lipinski definition) is 1. The van der Waals surface area contributed by atoms with Crippen LogP contribution in [0.5, 0.6) is 0 Å². The Balaban J connectivity index is 2.74. The molecule has 0 aliphatic heterocycles. The van der Waals surface area contributed by atoms with Gasteiger partial charge in [0, 0.05) is 11.8 Å². The molecule has 1 atom stereocenters. The molecule has 1 aromatic rings. The van der Waals surface area contributed by atoms with Crippen LogP contribution in [0, 0.1) is 6.92 Å². The standard InChI is InChI=1S/C12H17NO3S/c1-9-5-3-4-6-10(9)12(14)11(13)7-8-17(2,15)16/h3-6,11H,7-8,13H2,1-2H3. The molecule has 4 nitrogen and oxygen atoms in total. The van der Waals surface area contributed by atoms with Gasteiger partial charge in [-0.05, 0) is 18.9 Å². The number of rotatable bonds is 5. The third-order valence-corrected chi connectivity index (χ3v) is 3.52. The monoisotopic (exact) mass is 255 g/mol. The second-order valence-corrected chi connectivity index (χ2v) is 6.46. The lowest BCUT2D eigenvalue weighted by molar-refractivity contribution is 0.0959.